The van der Waals surface area contributed by atoms with Gasteiger partial charge in [-0.3, -0.25) is 0 Å². The molecule has 0 bridgehead atoms. The van der Waals surface area contributed by atoms with E-state index in [0.29, 0.717) is 10.8 Å². The summed E-state index contributed by atoms with van der Waals surface area (Å²) >= 11 is 0. The fourth-order valence-electron chi connectivity index (χ4n) is 2.51. The Morgan fingerprint density at radius 1 is 1.33 bits per heavy atom. The standard InChI is InChI=1S/C11H23N/c1-10(2)5-9(6-10)7-11(3,4)8-12/h9H,5-8,12H2,1-4H3. The van der Waals surface area contributed by atoms with Gasteiger partial charge >= 0.3 is 0 Å². The number of hydrogen-bond acceptors (Lipinski definition) is 1. The quantitative estimate of drug-likeness (QED) is 0.690. The molecule has 0 saturated heterocycles. The van der Waals surface area contributed by atoms with Crippen molar-refractivity contribution in [3.05, 3.63) is 0 Å². The first-order valence-electron chi connectivity index (χ1n) is 5.05. The van der Waals surface area contributed by atoms with Crippen LogP contribution in [0.5, 0.6) is 0 Å². The Labute approximate surface area is 76.7 Å². The first-order chi connectivity index (χ1) is 5.35. The SMILES string of the molecule is CC(C)(CN)CC1CC(C)(C)C1. The minimum atomic E-state index is 0.362. The molecule has 1 fully saturated rings. The third-order valence-electron chi connectivity index (χ3n) is 3.08. The van der Waals surface area contributed by atoms with Crippen molar-refractivity contribution in [3.63, 3.8) is 0 Å². The zero-order valence-electron chi connectivity index (χ0n) is 8.98. The molecule has 0 aromatic heterocycles. The summed E-state index contributed by atoms with van der Waals surface area (Å²) in [6.45, 7) is 10.1. The lowest BCUT2D eigenvalue weighted by molar-refractivity contribution is 0.0605. The zero-order valence-corrected chi connectivity index (χ0v) is 8.98. The van der Waals surface area contributed by atoms with Crippen molar-refractivity contribution in [1.82, 2.24) is 0 Å². The second-order valence-corrected chi connectivity index (χ2v) is 6.01. The molecule has 0 amide bonds. The zero-order chi connectivity index (χ0) is 9.41. The molecule has 1 rings (SSSR count). The van der Waals surface area contributed by atoms with Crippen molar-refractivity contribution in [3.8, 4) is 0 Å². The third kappa shape index (κ3) is 2.48. The number of hydrogen-bond donors (Lipinski definition) is 1. The number of rotatable bonds is 3. The molecule has 0 aliphatic heterocycles. The Bertz CT molecular complexity index is 150. The van der Waals surface area contributed by atoms with Crippen molar-refractivity contribution >= 4 is 0 Å². The van der Waals surface area contributed by atoms with Crippen LogP contribution in [0.4, 0.5) is 0 Å². The van der Waals surface area contributed by atoms with E-state index in [4.69, 9.17) is 5.73 Å². The molecule has 1 aliphatic carbocycles. The fraction of sp³-hybridized carbons (Fsp3) is 1.00. The molecule has 0 aromatic carbocycles. The summed E-state index contributed by atoms with van der Waals surface area (Å²) in [5.74, 6) is 0.943. The van der Waals surface area contributed by atoms with Gasteiger partial charge in [0.25, 0.3) is 0 Å². The summed E-state index contributed by atoms with van der Waals surface area (Å²) in [5, 5.41) is 0. The average molecular weight is 169 g/mol. The molecule has 12 heavy (non-hydrogen) atoms. The first kappa shape index (κ1) is 10.0. The van der Waals surface area contributed by atoms with E-state index < -0.39 is 0 Å². The normalized spacial score (nSPS) is 23.8. The molecule has 0 heterocycles. The van der Waals surface area contributed by atoms with Gasteiger partial charge in [0.2, 0.25) is 0 Å². The van der Waals surface area contributed by atoms with Gasteiger partial charge in [0.05, 0.1) is 0 Å². The largest absolute Gasteiger partial charge is 0.330 e. The Kier molecular flexibility index (Phi) is 2.53. The monoisotopic (exact) mass is 169 g/mol. The van der Waals surface area contributed by atoms with Crippen LogP contribution in [0.2, 0.25) is 0 Å². The lowest BCUT2D eigenvalue weighted by atomic mass is 9.60. The predicted molar refractivity (Wildman–Crippen MR) is 54.0 cm³/mol. The summed E-state index contributed by atoms with van der Waals surface area (Å²) < 4.78 is 0. The molecule has 0 unspecified atom stereocenters. The van der Waals surface area contributed by atoms with Crippen LogP contribution in [0.1, 0.15) is 47.0 Å². The van der Waals surface area contributed by atoms with Gasteiger partial charge in [0.1, 0.15) is 0 Å². The van der Waals surface area contributed by atoms with E-state index in [1.807, 2.05) is 0 Å². The van der Waals surface area contributed by atoms with E-state index in [0.717, 1.165) is 12.5 Å². The molecule has 0 radical (unpaired) electrons. The summed E-state index contributed by atoms with van der Waals surface area (Å²) in [6, 6.07) is 0. The van der Waals surface area contributed by atoms with Gasteiger partial charge in [-0.2, -0.15) is 0 Å². The van der Waals surface area contributed by atoms with Crippen LogP contribution < -0.4 is 5.73 Å². The maximum Gasteiger partial charge on any atom is -0.00257 e. The molecule has 2 N–H and O–H groups in total. The van der Waals surface area contributed by atoms with E-state index in [2.05, 4.69) is 27.7 Å². The second kappa shape index (κ2) is 3.02. The van der Waals surface area contributed by atoms with E-state index in [-0.39, 0.29) is 0 Å². The van der Waals surface area contributed by atoms with E-state index in [9.17, 15) is 0 Å². The van der Waals surface area contributed by atoms with Gasteiger partial charge in [-0.05, 0) is 42.6 Å². The van der Waals surface area contributed by atoms with Gasteiger partial charge < -0.3 is 5.73 Å². The minimum absolute atomic E-state index is 0.362. The Hall–Kier alpha value is -0.0400. The number of nitrogens with two attached hydrogens (primary N) is 1. The predicted octanol–water partition coefficient (Wildman–Crippen LogP) is 2.80. The topological polar surface area (TPSA) is 26.0 Å². The maximum atomic E-state index is 5.70. The van der Waals surface area contributed by atoms with Crippen LogP contribution in [0.25, 0.3) is 0 Å². The fourth-order valence-corrected chi connectivity index (χ4v) is 2.51. The molecular formula is C11H23N. The Balaban J connectivity index is 2.27. The molecule has 1 heteroatoms. The lowest BCUT2D eigenvalue weighted by Crippen LogP contribution is -2.36. The van der Waals surface area contributed by atoms with Gasteiger partial charge in [-0.1, -0.05) is 27.7 Å². The third-order valence-corrected chi connectivity index (χ3v) is 3.08. The smallest absolute Gasteiger partial charge is 0.00257 e. The first-order valence-corrected chi connectivity index (χ1v) is 5.05. The molecule has 0 aromatic rings. The van der Waals surface area contributed by atoms with Gasteiger partial charge in [0, 0.05) is 0 Å². The highest BCUT2D eigenvalue weighted by atomic mass is 14.6. The van der Waals surface area contributed by atoms with Crippen LogP contribution in [0, 0.1) is 16.7 Å². The highest BCUT2D eigenvalue weighted by Crippen LogP contribution is 2.48. The molecule has 1 nitrogen and oxygen atoms in total. The van der Waals surface area contributed by atoms with Gasteiger partial charge in [0.15, 0.2) is 0 Å². The average Bonchev–Trinajstić information content (AvgIpc) is 1.83. The lowest BCUT2D eigenvalue weighted by Gasteiger charge is -2.45. The van der Waals surface area contributed by atoms with Crippen LogP contribution in [-0.4, -0.2) is 6.54 Å². The molecular weight excluding hydrogens is 146 g/mol. The van der Waals surface area contributed by atoms with Crippen LogP contribution in [0.15, 0.2) is 0 Å². The van der Waals surface area contributed by atoms with Crippen LogP contribution in [0.3, 0.4) is 0 Å². The van der Waals surface area contributed by atoms with Crippen LogP contribution >= 0.6 is 0 Å². The van der Waals surface area contributed by atoms with Gasteiger partial charge in [-0.15, -0.1) is 0 Å². The summed E-state index contributed by atoms with van der Waals surface area (Å²) in [4.78, 5) is 0. The van der Waals surface area contributed by atoms with Crippen LogP contribution in [-0.2, 0) is 0 Å². The molecule has 72 valence electrons. The van der Waals surface area contributed by atoms with Crippen molar-refractivity contribution in [1.29, 1.82) is 0 Å². The highest BCUT2D eigenvalue weighted by molar-refractivity contribution is 4.89. The molecule has 1 aliphatic rings. The van der Waals surface area contributed by atoms with Crippen molar-refractivity contribution in [2.24, 2.45) is 22.5 Å². The summed E-state index contributed by atoms with van der Waals surface area (Å²) in [7, 11) is 0. The van der Waals surface area contributed by atoms with E-state index in [1.54, 1.807) is 0 Å². The molecule has 0 spiro atoms. The minimum Gasteiger partial charge on any atom is -0.330 e. The van der Waals surface area contributed by atoms with Crippen molar-refractivity contribution in [2.45, 2.75) is 47.0 Å². The van der Waals surface area contributed by atoms with Gasteiger partial charge in [-0.25, -0.2) is 0 Å². The summed E-state index contributed by atoms with van der Waals surface area (Å²) in [6.07, 6.45) is 4.11. The molecule has 1 saturated carbocycles. The van der Waals surface area contributed by atoms with Crippen molar-refractivity contribution < 1.29 is 0 Å². The molecule has 0 atom stereocenters. The van der Waals surface area contributed by atoms with Crippen molar-refractivity contribution in [2.75, 3.05) is 6.54 Å². The second-order valence-electron chi connectivity index (χ2n) is 6.01. The van der Waals surface area contributed by atoms with E-state index >= 15 is 0 Å². The summed E-state index contributed by atoms with van der Waals surface area (Å²) in [5.41, 5.74) is 6.68. The maximum absolute atomic E-state index is 5.70. The Morgan fingerprint density at radius 3 is 2.17 bits per heavy atom. The Morgan fingerprint density at radius 2 is 1.83 bits per heavy atom. The van der Waals surface area contributed by atoms with E-state index in [1.165, 1.54) is 19.3 Å². The highest BCUT2D eigenvalue weighted by Gasteiger charge is 2.38.